The molecule has 1 unspecified atom stereocenters. The lowest BCUT2D eigenvalue weighted by molar-refractivity contribution is 0.881. The first-order valence-corrected chi connectivity index (χ1v) is 7.33. The number of nitrogens with zero attached hydrogens (tertiary/aromatic N) is 1. The fraction of sp³-hybridized carbons (Fsp3) is 0.118. The van der Waals surface area contributed by atoms with Crippen molar-refractivity contribution >= 4 is 20.2 Å². The van der Waals surface area contributed by atoms with Crippen LogP contribution < -0.4 is 5.09 Å². The van der Waals surface area contributed by atoms with Gasteiger partial charge >= 0.3 is 0 Å². The van der Waals surface area contributed by atoms with E-state index in [9.17, 15) is 0 Å². The molecule has 3 heteroatoms. The molecule has 1 aromatic heterocycles. The van der Waals surface area contributed by atoms with Crippen molar-refractivity contribution in [2.45, 2.75) is 6.42 Å². The Morgan fingerprint density at radius 2 is 1.70 bits per heavy atom. The number of pyridine rings is 1. The first kappa shape index (κ1) is 13.2. The predicted molar refractivity (Wildman–Crippen MR) is 88.6 cm³/mol. The van der Waals surface area contributed by atoms with Crippen LogP contribution in [0.3, 0.4) is 0 Å². The van der Waals surface area contributed by atoms with Crippen LogP contribution in [0, 0.1) is 0 Å². The fourth-order valence-corrected chi connectivity index (χ4v) is 2.66. The summed E-state index contributed by atoms with van der Waals surface area (Å²) in [5.41, 5.74) is 3.63. The highest BCUT2D eigenvalue weighted by Gasteiger charge is 2.10. The number of hydrogen-bond donors (Lipinski definition) is 1. The van der Waals surface area contributed by atoms with Gasteiger partial charge in [-0.15, -0.1) is 0 Å². The second-order valence-corrected chi connectivity index (χ2v) is 5.15. The van der Waals surface area contributed by atoms with Crippen molar-refractivity contribution in [3.63, 3.8) is 0 Å². The fourth-order valence-electron chi connectivity index (χ4n) is 2.51. The zero-order valence-electron chi connectivity index (χ0n) is 11.2. The van der Waals surface area contributed by atoms with Crippen LogP contribution in [0.5, 0.6) is 0 Å². The van der Waals surface area contributed by atoms with Gasteiger partial charge in [0.2, 0.25) is 0 Å². The molecule has 0 spiro atoms. The monoisotopic (exact) mass is 280 g/mol. The molecular weight excluding hydrogens is 263 g/mol. The molecule has 1 heterocycles. The summed E-state index contributed by atoms with van der Waals surface area (Å²) in [5, 5.41) is 5.58. The third-order valence-electron chi connectivity index (χ3n) is 3.45. The Morgan fingerprint density at radius 3 is 2.50 bits per heavy atom. The van der Waals surface area contributed by atoms with E-state index in [1.165, 1.54) is 21.9 Å². The number of aromatic nitrogens is 1. The molecule has 0 radical (unpaired) electrons. The molecule has 0 aliphatic heterocycles. The minimum Gasteiger partial charge on any atom is -0.300 e. The zero-order valence-corrected chi connectivity index (χ0v) is 12.4. The molecular formula is C17H17N2P. The Bertz CT molecular complexity index is 711. The van der Waals surface area contributed by atoms with Gasteiger partial charge in [-0.2, -0.15) is 0 Å². The molecule has 0 fully saturated rings. The zero-order chi connectivity index (χ0) is 13.8. The van der Waals surface area contributed by atoms with Crippen molar-refractivity contribution in [3.05, 3.63) is 66.5 Å². The summed E-state index contributed by atoms with van der Waals surface area (Å²) in [7, 11) is 2.55. The number of hydrogen-bond acceptors (Lipinski definition) is 2. The van der Waals surface area contributed by atoms with Gasteiger partial charge in [0.25, 0.3) is 0 Å². The molecule has 0 saturated carbocycles. The molecule has 100 valence electrons. The van der Waals surface area contributed by atoms with Gasteiger partial charge in [0, 0.05) is 30.1 Å². The second-order valence-electron chi connectivity index (χ2n) is 4.74. The summed E-state index contributed by atoms with van der Waals surface area (Å²) in [6.45, 7) is 0.899. The minimum absolute atomic E-state index is 0.899. The molecule has 0 saturated heterocycles. The summed E-state index contributed by atoms with van der Waals surface area (Å²) in [4.78, 5) is 4.67. The van der Waals surface area contributed by atoms with Crippen LogP contribution in [0.4, 0.5) is 0 Å². The topological polar surface area (TPSA) is 24.9 Å². The van der Waals surface area contributed by atoms with E-state index >= 15 is 0 Å². The Kier molecular flexibility index (Phi) is 4.05. The van der Waals surface area contributed by atoms with Crippen LogP contribution in [0.25, 0.3) is 21.9 Å². The number of nitrogens with one attached hydrogen (secondary N) is 1. The predicted octanol–water partition coefficient (Wildman–Crippen LogP) is 3.82. The van der Waals surface area contributed by atoms with Crippen LogP contribution in [0.2, 0.25) is 0 Å². The Hall–Kier alpha value is -1.76. The maximum atomic E-state index is 4.67. The molecule has 1 atom stereocenters. The van der Waals surface area contributed by atoms with Crippen LogP contribution in [0.1, 0.15) is 5.69 Å². The van der Waals surface area contributed by atoms with E-state index in [0.717, 1.165) is 18.7 Å². The molecule has 2 aromatic carbocycles. The van der Waals surface area contributed by atoms with Gasteiger partial charge in [-0.3, -0.25) is 4.98 Å². The van der Waals surface area contributed by atoms with Gasteiger partial charge in [0.05, 0.1) is 5.69 Å². The van der Waals surface area contributed by atoms with Crippen molar-refractivity contribution in [2.75, 3.05) is 6.54 Å². The van der Waals surface area contributed by atoms with E-state index in [1.54, 1.807) is 0 Å². The number of fused-ring (bicyclic) bond motifs is 1. The van der Waals surface area contributed by atoms with Gasteiger partial charge in [-0.1, -0.05) is 64.0 Å². The summed E-state index contributed by atoms with van der Waals surface area (Å²) in [5.74, 6) is 0. The number of benzene rings is 2. The molecule has 2 nitrogen and oxygen atoms in total. The van der Waals surface area contributed by atoms with Crippen molar-refractivity contribution in [2.24, 2.45) is 0 Å². The Morgan fingerprint density at radius 1 is 0.950 bits per heavy atom. The van der Waals surface area contributed by atoms with Crippen LogP contribution >= 0.6 is 9.39 Å². The first-order valence-electron chi connectivity index (χ1n) is 6.75. The molecule has 3 rings (SSSR count). The van der Waals surface area contributed by atoms with Crippen molar-refractivity contribution in [3.8, 4) is 11.1 Å². The van der Waals surface area contributed by atoms with E-state index in [4.69, 9.17) is 0 Å². The SMILES string of the molecule is PNCCc1ncc2ccccc2c1-c1ccccc1. The number of rotatable bonds is 4. The average molecular weight is 280 g/mol. The lowest BCUT2D eigenvalue weighted by Crippen LogP contribution is -2.07. The summed E-state index contributed by atoms with van der Waals surface area (Å²) in [6, 6.07) is 19.0. The molecule has 0 aliphatic carbocycles. The highest BCUT2D eigenvalue weighted by molar-refractivity contribution is 7.13. The largest absolute Gasteiger partial charge is 0.300 e. The minimum atomic E-state index is 0.899. The first-order chi connectivity index (χ1) is 9.90. The Labute approximate surface area is 121 Å². The van der Waals surface area contributed by atoms with E-state index in [-0.39, 0.29) is 0 Å². The van der Waals surface area contributed by atoms with Crippen LogP contribution in [0.15, 0.2) is 60.8 Å². The van der Waals surface area contributed by atoms with Gasteiger partial charge in [-0.05, 0) is 10.9 Å². The molecule has 1 N–H and O–H groups in total. The van der Waals surface area contributed by atoms with E-state index < -0.39 is 0 Å². The molecule has 0 amide bonds. The smallest absolute Gasteiger partial charge is 0.0501 e. The molecule has 0 aliphatic rings. The van der Waals surface area contributed by atoms with Crippen LogP contribution in [-0.2, 0) is 6.42 Å². The molecule has 0 bridgehead atoms. The summed E-state index contributed by atoms with van der Waals surface area (Å²) < 4.78 is 0. The van der Waals surface area contributed by atoms with Crippen LogP contribution in [-0.4, -0.2) is 11.5 Å². The van der Waals surface area contributed by atoms with E-state index in [2.05, 4.69) is 68.0 Å². The maximum absolute atomic E-state index is 4.67. The van der Waals surface area contributed by atoms with Gasteiger partial charge in [0.15, 0.2) is 0 Å². The normalized spacial score (nSPS) is 10.8. The van der Waals surface area contributed by atoms with E-state index in [0.29, 0.717) is 0 Å². The third kappa shape index (κ3) is 2.58. The second kappa shape index (κ2) is 6.13. The molecule has 20 heavy (non-hydrogen) atoms. The highest BCUT2D eigenvalue weighted by Crippen LogP contribution is 2.30. The maximum Gasteiger partial charge on any atom is 0.0501 e. The third-order valence-corrected chi connectivity index (χ3v) is 3.74. The summed E-state index contributed by atoms with van der Waals surface area (Å²) in [6.07, 6.45) is 2.89. The standard InChI is InChI=1S/C17H17N2P/c20-19-11-10-16-17(13-6-2-1-3-7-13)15-9-5-4-8-14(15)12-18-16/h1-9,12,19H,10-11,20H2. The lowest BCUT2D eigenvalue weighted by Gasteiger charge is -2.12. The van der Waals surface area contributed by atoms with Gasteiger partial charge < -0.3 is 5.09 Å². The summed E-state index contributed by atoms with van der Waals surface area (Å²) >= 11 is 0. The van der Waals surface area contributed by atoms with Gasteiger partial charge in [-0.25, -0.2) is 0 Å². The van der Waals surface area contributed by atoms with Crippen molar-refractivity contribution in [1.82, 2.24) is 10.1 Å². The highest BCUT2D eigenvalue weighted by atomic mass is 31.0. The van der Waals surface area contributed by atoms with Crippen molar-refractivity contribution < 1.29 is 0 Å². The molecule has 3 aromatic rings. The lowest BCUT2D eigenvalue weighted by atomic mass is 9.96. The average Bonchev–Trinajstić information content (AvgIpc) is 2.53. The van der Waals surface area contributed by atoms with Crippen molar-refractivity contribution in [1.29, 1.82) is 0 Å². The Balaban J connectivity index is 2.23. The van der Waals surface area contributed by atoms with Gasteiger partial charge in [0.1, 0.15) is 0 Å². The van der Waals surface area contributed by atoms with E-state index in [1.807, 2.05) is 12.3 Å². The quantitative estimate of drug-likeness (QED) is 0.735.